The average Bonchev–Trinajstić information content (AvgIpc) is 2.86. The molecule has 1 heterocycles. The number of hydrogen-bond donors (Lipinski definition) is 2. The molecule has 0 bridgehead atoms. The van der Waals surface area contributed by atoms with Gasteiger partial charge in [-0.25, -0.2) is 9.59 Å². The standard InChI is InChI=1S/C12H17ClN2.C4H4O4/c1-14(2)7-8-15-6-5-10-3-4-11(13)9-12(10)15;5-3(6)1-2-4(7)8/h3-4,9H,5-8H2,1-2H3;1-2H,(H,5,6)(H,7,8). The highest BCUT2D eigenvalue weighted by molar-refractivity contribution is 6.30. The van der Waals surface area contributed by atoms with Gasteiger partial charge >= 0.3 is 11.9 Å². The monoisotopic (exact) mass is 340 g/mol. The van der Waals surface area contributed by atoms with Gasteiger partial charge in [-0.15, -0.1) is 0 Å². The van der Waals surface area contributed by atoms with Gasteiger partial charge in [0.15, 0.2) is 0 Å². The molecule has 2 N–H and O–H groups in total. The lowest BCUT2D eigenvalue weighted by atomic mass is 10.2. The summed E-state index contributed by atoms with van der Waals surface area (Å²) in [6.45, 7) is 3.30. The Bertz CT molecular complexity index is 571. The van der Waals surface area contributed by atoms with Gasteiger partial charge in [-0.05, 0) is 38.2 Å². The van der Waals surface area contributed by atoms with E-state index in [0.717, 1.165) is 31.1 Å². The maximum Gasteiger partial charge on any atom is 0.328 e. The molecule has 126 valence electrons. The van der Waals surface area contributed by atoms with Crippen LogP contribution in [0.25, 0.3) is 0 Å². The van der Waals surface area contributed by atoms with Gasteiger partial charge in [0.25, 0.3) is 0 Å². The summed E-state index contributed by atoms with van der Waals surface area (Å²) in [7, 11) is 4.21. The number of fused-ring (bicyclic) bond motifs is 1. The van der Waals surface area contributed by atoms with Crippen molar-refractivity contribution in [3.8, 4) is 0 Å². The van der Waals surface area contributed by atoms with Crippen LogP contribution in [0.3, 0.4) is 0 Å². The van der Waals surface area contributed by atoms with E-state index in [0.29, 0.717) is 12.2 Å². The van der Waals surface area contributed by atoms with Gasteiger partial charge in [0.05, 0.1) is 0 Å². The van der Waals surface area contributed by atoms with Gasteiger partial charge in [0.1, 0.15) is 0 Å². The highest BCUT2D eigenvalue weighted by Gasteiger charge is 2.18. The molecular formula is C16H21ClN2O4. The molecule has 0 radical (unpaired) electrons. The second-order valence-corrected chi connectivity index (χ2v) is 5.76. The number of carboxylic acid groups (broad SMARTS) is 2. The molecule has 7 heteroatoms. The van der Waals surface area contributed by atoms with Crippen LogP contribution >= 0.6 is 11.6 Å². The number of halogens is 1. The minimum Gasteiger partial charge on any atom is -0.478 e. The minimum atomic E-state index is -1.26. The van der Waals surface area contributed by atoms with Crippen LogP contribution in [0.4, 0.5) is 5.69 Å². The Kier molecular flexibility index (Phi) is 7.57. The SMILES string of the molecule is CN(C)CCN1CCc2ccc(Cl)cc21.O=C(O)C=CC(=O)O. The number of nitrogens with zero attached hydrogens (tertiary/aromatic N) is 2. The van der Waals surface area contributed by atoms with Gasteiger partial charge in [0.2, 0.25) is 0 Å². The summed E-state index contributed by atoms with van der Waals surface area (Å²) < 4.78 is 0. The number of rotatable bonds is 5. The molecule has 1 aromatic carbocycles. The second-order valence-electron chi connectivity index (χ2n) is 5.32. The number of hydrogen-bond acceptors (Lipinski definition) is 4. The minimum absolute atomic E-state index is 0.558. The number of carboxylic acids is 2. The highest BCUT2D eigenvalue weighted by Crippen LogP contribution is 2.30. The van der Waals surface area contributed by atoms with E-state index in [-0.39, 0.29) is 0 Å². The zero-order valence-corrected chi connectivity index (χ0v) is 14.0. The average molecular weight is 341 g/mol. The molecule has 1 aliphatic heterocycles. The third kappa shape index (κ3) is 7.17. The third-order valence-electron chi connectivity index (χ3n) is 3.22. The largest absolute Gasteiger partial charge is 0.478 e. The van der Waals surface area contributed by atoms with Crippen LogP contribution in [0, 0.1) is 0 Å². The van der Waals surface area contributed by atoms with E-state index in [4.69, 9.17) is 21.8 Å². The third-order valence-corrected chi connectivity index (χ3v) is 3.46. The van der Waals surface area contributed by atoms with Crippen molar-refractivity contribution in [2.45, 2.75) is 6.42 Å². The molecule has 6 nitrogen and oxygen atoms in total. The Morgan fingerprint density at radius 2 is 1.87 bits per heavy atom. The van der Waals surface area contributed by atoms with E-state index in [2.05, 4.69) is 36.0 Å². The number of likely N-dealkylation sites (N-methyl/N-ethyl adjacent to an activating group) is 1. The molecule has 0 fully saturated rings. The molecule has 0 aliphatic carbocycles. The molecule has 0 spiro atoms. The molecule has 0 unspecified atom stereocenters. The van der Waals surface area contributed by atoms with Crippen LogP contribution in [-0.2, 0) is 16.0 Å². The van der Waals surface area contributed by atoms with Crippen molar-refractivity contribution in [3.05, 3.63) is 40.9 Å². The molecular weight excluding hydrogens is 320 g/mol. The zero-order chi connectivity index (χ0) is 17.4. The summed E-state index contributed by atoms with van der Waals surface area (Å²) >= 11 is 6.01. The van der Waals surface area contributed by atoms with E-state index < -0.39 is 11.9 Å². The normalized spacial score (nSPS) is 13.0. The van der Waals surface area contributed by atoms with Crippen molar-refractivity contribution in [1.82, 2.24) is 4.90 Å². The quantitative estimate of drug-likeness (QED) is 0.798. The number of benzene rings is 1. The Hall–Kier alpha value is -2.05. The summed E-state index contributed by atoms with van der Waals surface area (Å²) in [5.74, 6) is -2.51. The summed E-state index contributed by atoms with van der Waals surface area (Å²) in [6.07, 6.45) is 2.27. The molecule has 1 aliphatic rings. The number of aliphatic carboxylic acids is 2. The lowest BCUT2D eigenvalue weighted by molar-refractivity contribution is -0.134. The molecule has 0 saturated heterocycles. The molecule has 1 aromatic rings. The molecule has 0 aromatic heterocycles. The molecule has 0 amide bonds. The molecule has 23 heavy (non-hydrogen) atoms. The van der Waals surface area contributed by atoms with Crippen LogP contribution in [0.2, 0.25) is 5.02 Å². The van der Waals surface area contributed by atoms with Gasteiger partial charge in [0, 0.05) is 42.5 Å². The summed E-state index contributed by atoms with van der Waals surface area (Å²) in [4.78, 5) is 23.7. The first-order valence-electron chi connectivity index (χ1n) is 7.11. The second kappa shape index (κ2) is 9.17. The number of anilines is 1. The van der Waals surface area contributed by atoms with Crippen molar-refractivity contribution >= 4 is 29.2 Å². The first kappa shape index (κ1) is 19.0. The lowest BCUT2D eigenvalue weighted by Gasteiger charge is -2.21. The van der Waals surface area contributed by atoms with Crippen LogP contribution in [0.5, 0.6) is 0 Å². The maximum absolute atomic E-state index is 9.55. The van der Waals surface area contributed by atoms with Crippen molar-refractivity contribution in [2.24, 2.45) is 0 Å². The maximum atomic E-state index is 9.55. The zero-order valence-electron chi connectivity index (χ0n) is 13.2. The van der Waals surface area contributed by atoms with Crippen molar-refractivity contribution in [1.29, 1.82) is 0 Å². The van der Waals surface area contributed by atoms with Gasteiger partial charge in [-0.3, -0.25) is 0 Å². The first-order valence-corrected chi connectivity index (χ1v) is 7.49. The van der Waals surface area contributed by atoms with Crippen molar-refractivity contribution in [2.75, 3.05) is 38.6 Å². The highest BCUT2D eigenvalue weighted by atomic mass is 35.5. The Morgan fingerprint density at radius 1 is 1.26 bits per heavy atom. The van der Waals surface area contributed by atoms with Crippen LogP contribution in [-0.4, -0.2) is 60.8 Å². The summed E-state index contributed by atoms with van der Waals surface area (Å²) in [5.41, 5.74) is 2.75. The van der Waals surface area contributed by atoms with Crippen molar-refractivity contribution in [3.63, 3.8) is 0 Å². The fourth-order valence-electron chi connectivity index (χ4n) is 2.11. The van der Waals surface area contributed by atoms with E-state index in [1.54, 1.807) is 0 Å². The van der Waals surface area contributed by atoms with E-state index >= 15 is 0 Å². The fraction of sp³-hybridized carbons (Fsp3) is 0.375. The van der Waals surface area contributed by atoms with Gasteiger partial charge < -0.3 is 20.0 Å². The summed E-state index contributed by atoms with van der Waals surface area (Å²) in [5, 5.41) is 16.5. The first-order chi connectivity index (χ1) is 10.8. The topological polar surface area (TPSA) is 81.1 Å². The molecule has 0 atom stereocenters. The van der Waals surface area contributed by atoms with Crippen LogP contribution in [0.1, 0.15) is 5.56 Å². The van der Waals surface area contributed by atoms with Gasteiger partial charge in [-0.1, -0.05) is 17.7 Å². The Morgan fingerprint density at radius 3 is 2.39 bits per heavy atom. The lowest BCUT2D eigenvalue weighted by Crippen LogP contribution is -2.30. The van der Waals surface area contributed by atoms with Crippen LogP contribution < -0.4 is 4.90 Å². The Balaban J connectivity index is 0.000000284. The molecule has 2 rings (SSSR count). The van der Waals surface area contributed by atoms with E-state index in [1.807, 2.05) is 6.07 Å². The van der Waals surface area contributed by atoms with Gasteiger partial charge in [-0.2, -0.15) is 0 Å². The smallest absolute Gasteiger partial charge is 0.328 e. The predicted octanol–water partition coefficient (Wildman–Crippen LogP) is 1.98. The molecule has 0 saturated carbocycles. The predicted molar refractivity (Wildman–Crippen MR) is 90.3 cm³/mol. The van der Waals surface area contributed by atoms with E-state index in [9.17, 15) is 9.59 Å². The van der Waals surface area contributed by atoms with Crippen molar-refractivity contribution < 1.29 is 19.8 Å². The fourth-order valence-corrected chi connectivity index (χ4v) is 2.28. The number of carbonyl (C=O) groups is 2. The van der Waals surface area contributed by atoms with Crippen LogP contribution in [0.15, 0.2) is 30.4 Å². The van der Waals surface area contributed by atoms with E-state index in [1.165, 1.54) is 11.3 Å². The summed E-state index contributed by atoms with van der Waals surface area (Å²) in [6, 6.07) is 6.21. The Labute approximate surface area is 140 Å².